The minimum Gasteiger partial charge on any atom is -0.490 e. The summed E-state index contributed by atoms with van der Waals surface area (Å²) in [5.74, 6) is 0.739. The molecule has 0 amide bonds. The van der Waals surface area contributed by atoms with Crippen LogP contribution in [0.3, 0.4) is 0 Å². The van der Waals surface area contributed by atoms with E-state index in [4.69, 9.17) is 14.2 Å². The number of pyridine rings is 1. The van der Waals surface area contributed by atoms with Crippen molar-refractivity contribution in [1.82, 2.24) is 4.57 Å². The molecule has 1 fully saturated rings. The van der Waals surface area contributed by atoms with Gasteiger partial charge in [-0.15, -0.1) is 0 Å². The van der Waals surface area contributed by atoms with Gasteiger partial charge in [-0.1, -0.05) is 6.07 Å². The van der Waals surface area contributed by atoms with Crippen molar-refractivity contribution in [2.45, 2.75) is 72.0 Å². The summed E-state index contributed by atoms with van der Waals surface area (Å²) in [4.78, 5) is 24.9. The molecular formula is C32H38FNO6. The van der Waals surface area contributed by atoms with Gasteiger partial charge in [0.1, 0.15) is 23.1 Å². The van der Waals surface area contributed by atoms with Gasteiger partial charge in [-0.2, -0.15) is 0 Å². The van der Waals surface area contributed by atoms with Crippen molar-refractivity contribution in [3.05, 3.63) is 75.5 Å². The summed E-state index contributed by atoms with van der Waals surface area (Å²) >= 11 is 0. The molecule has 0 atom stereocenters. The zero-order valence-electron chi connectivity index (χ0n) is 24.0. The van der Waals surface area contributed by atoms with Crippen molar-refractivity contribution < 1.29 is 28.5 Å². The van der Waals surface area contributed by atoms with Gasteiger partial charge in [-0.25, -0.2) is 4.39 Å². The average Bonchev–Trinajstić information content (AvgIpc) is 2.88. The lowest BCUT2D eigenvalue weighted by Gasteiger charge is -2.29. The largest absolute Gasteiger partial charge is 0.490 e. The Hall–Kier alpha value is -3.65. The molecule has 1 aliphatic rings. The molecule has 0 unspecified atom stereocenters. The number of halogens is 1. The molecule has 40 heavy (non-hydrogen) atoms. The maximum atomic E-state index is 14.0. The smallest absolute Gasteiger partial charge is 0.308 e. The molecule has 0 spiro atoms. The standard InChI is InChI=1S/C32H38FNO6/c1-7-38-31(36)21-8-11-24(12-9-21)39-28-17-29(35)34(6)18-26(28)25-16-22(32(4,5)37)10-13-27(25)40-30-19(2)14-23(33)15-20(30)3/h10,13-18,21,24,37H,7-9,11-12H2,1-6H3. The third kappa shape index (κ3) is 6.55. The number of ether oxygens (including phenoxy) is 3. The van der Waals surface area contributed by atoms with Crippen molar-refractivity contribution in [1.29, 1.82) is 0 Å². The number of aromatic nitrogens is 1. The second-order valence-corrected chi connectivity index (χ2v) is 11.1. The van der Waals surface area contributed by atoms with Crippen LogP contribution in [0.1, 0.15) is 63.1 Å². The highest BCUT2D eigenvalue weighted by molar-refractivity contribution is 5.77. The Morgan fingerprint density at radius 2 is 1.68 bits per heavy atom. The first-order valence-corrected chi connectivity index (χ1v) is 13.7. The van der Waals surface area contributed by atoms with E-state index in [1.165, 1.54) is 22.8 Å². The van der Waals surface area contributed by atoms with Crippen molar-refractivity contribution in [3.63, 3.8) is 0 Å². The molecule has 1 N–H and O–H groups in total. The first-order chi connectivity index (χ1) is 18.9. The normalized spacial score (nSPS) is 17.4. The quantitative estimate of drug-likeness (QED) is 0.329. The van der Waals surface area contributed by atoms with E-state index in [1.807, 2.05) is 6.07 Å². The molecule has 2 aromatic carbocycles. The Balaban J connectivity index is 1.75. The molecular weight excluding hydrogens is 513 g/mol. The molecule has 8 heteroatoms. The second-order valence-electron chi connectivity index (χ2n) is 11.1. The maximum absolute atomic E-state index is 14.0. The van der Waals surface area contributed by atoms with E-state index in [-0.39, 0.29) is 29.4 Å². The summed E-state index contributed by atoms with van der Waals surface area (Å²) in [6.45, 7) is 9.11. The highest BCUT2D eigenvalue weighted by Gasteiger charge is 2.29. The number of nitrogens with zero attached hydrogens (tertiary/aromatic N) is 1. The molecule has 0 radical (unpaired) electrons. The van der Waals surface area contributed by atoms with Gasteiger partial charge in [0, 0.05) is 30.4 Å². The van der Waals surface area contributed by atoms with E-state index >= 15 is 0 Å². The van der Waals surface area contributed by atoms with E-state index in [0.29, 0.717) is 77.4 Å². The van der Waals surface area contributed by atoms with Crippen LogP contribution in [-0.4, -0.2) is 28.4 Å². The number of benzene rings is 2. The van der Waals surface area contributed by atoms with Crippen LogP contribution < -0.4 is 15.0 Å². The fraction of sp³-hybridized carbons (Fsp3) is 0.438. The lowest BCUT2D eigenvalue weighted by Crippen LogP contribution is -2.29. The van der Waals surface area contributed by atoms with Gasteiger partial charge < -0.3 is 23.9 Å². The Labute approximate surface area is 234 Å². The fourth-order valence-electron chi connectivity index (χ4n) is 5.15. The molecule has 0 aliphatic heterocycles. The SMILES string of the molecule is CCOC(=O)C1CCC(Oc2cc(=O)n(C)cc2-c2cc(C(C)(C)O)ccc2Oc2c(C)cc(F)cc2C)CC1. The van der Waals surface area contributed by atoms with Crippen LogP contribution >= 0.6 is 0 Å². The number of hydrogen-bond donors (Lipinski definition) is 1. The molecule has 7 nitrogen and oxygen atoms in total. The minimum atomic E-state index is -1.14. The van der Waals surface area contributed by atoms with Gasteiger partial charge in [0.05, 0.1) is 24.2 Å². The van der Waals surface area contributed by atoms with Crippen LogP contribution in [0.25, 0.3) is 11.1 Å². The predicted octanol–water partition coefficient (Wildman–Crippen LogP) is 6.33. The zero-order valence-corrected chi connectivity index (χ0v) is 24.0. The van der Waals surface area contributed by atoms with E-state index in [0.717, 1.165) is 0 Å². The molecule has 1 aromatic heterocycles. The number of carbonyl (C=O) groups is 1. The van der Waals surface area contributed by atoms with E-state index < -0.39 is 5.60 Å². The van der Waals surface area contributed by atoms with Gasteiger partial charge in [0.2, 0.25) is 0 Å². The molecule has 3 aromatic rings. The third-order valence-corrected chi connectivity index (χ3v) is 7.39. The van der Waals surface area contributed by atoms with E-state index in [2.05, 4.69) is 0 Å². The summed E-state index contributed by atoms with van der Waals surface area (Å²) in [5, 5.41) is 10.8. The number of carbonyl (C=O) groups excluding carboxylic acids is 1. The van der Waals surface area contributed by atoms with Crippen molar-refractivity contribution in [2.75, 3.05) is 6.61 Å². The van der Waals surface area contributed by atoms with Gasteiger partial charge in [-0.3, -0.25) is 9.59 Å². The molecule has 1 saturated carbocycles. The number of rotatable bonds is 8. The summed E-state index contributed by atoms with van der Waals surface area (Å²) in [6, 6.07) is 9.67. The number of esters is 1. The third-order valence-electron chi connectivity index (χ3n) is 7.39. The zero-order chi connectivity index (χ0) is 29.2. The van der Waals surface area contributed by atoms with Gasteiger partial charge >= 0.3 is 5.97 Å². The first kappa shape index (κ1) is 29.3. The molecule has 214 valence electrons. The van der Waals surface area contributed by atoms with E-state index in [1.54, 1.807) is 60.0 Å². The van der Waals surface area contributed by atoms with Crippen molar-refractivity contribution >= 4 is 5.97 Å². The average molecular weight is 552 g/mol. The predicted molar refractivity (Wildman–Crippen MR) is 151 cm³/mol. The molecule has 1 heterocycles. The molecule has 1 aliphatic carbocycles. The second kappa shape index (κ2) is 11.8. The summed E-state index contributed by atoms with van der Waals surface area (Å²) in [6.07, 6.45) is 4.12. The van der Waals surface area contributed by atoms with Gasteiger partial charge in [-0.05, 0) is 101 Å². The summed E-state index contributed by atoms with van der Waals surface area (Å²) < 4.78 is 33.4. The lowest BCUT2D eigenvalue weighted by atomic mass is 9.87. The summed E-state index contributed by atoms with van der Waals surface area (Å²) in [7, 11) is 1.66. The topological polar surface area (TPSA) is 87.0 Å². The van der Waals surface area contributed by atoms with Crippen LogP contribution in [0.4, 0.5) is 4.39 Å². The Morgan fingerprint density at radius 3 is 2.27 bits per heavy atom. The number of hydrogen-bond acceptors (Lipinski definition) is 6. The molecule has 0 saturated heterocycles. The Morgan fingerprint density at radius 1 is 1.02 bits per heavy atom. The maximum Gasteiger partial charge on any atom is 0.308 e. The fourth-order valence-corrected chi connectivity index (χ4v) is 5.15. The van der Waals surface area contributed by atoms with Crippen LogP contribution in [0.5, 0.6) is 17.2 Å². The monoisotopic (exact) mass is 551 g/mol. The highest BCUT2D eigenvalue weighted by Crippen LogP contribution is 2.42. The van der Waals surface area contributed by atoms with Crippen LogP contribution in [0, 0.1) is 25.6 Å². The Bertz CT molecular complexity index is 1420. The summed E-state index contributed by atoms with van der Waals surface area (Å²) in [5.41, 5.74) is 1.81. The highest BCUT2D eigenvalue weighted by atomic mass is 19.1. The molecule has 4 rings (SSSR count). The number of aryl methyl sites for hydroxylation is 3. The molecule has 0 bridgehead atoms. The number of aliphatic hydroxyl groups is 1. The minimum absolute atomic E-state index is 0.145. The van der Waals surface area contributed by atoms with Gasteiger partial charge in [0.25, 0.3) is 5.56 Å². The van der Waals surface area contributed by atoms with Crippen molar-refractivity contribution in [2.24, 2.45) is 13.0 Å². The lowest BCUT2D eigenvalue weighted by molar-refractivity contribution is -0.149. The van der Waals surface area contributed by atoms with Crippen molar-refractivity contribution in [3.8, 4) is 28.4 Å². The van der Waals surface area contributed by atoms with E-state index in [9.17, 15) is 19.1 Å². The van der Waals surface area contributed by atoms with Crippen LogP contribution in [-0.2, 0) is 22.2 Å². The van der Waals surface area contributed by atoms with Gasteiger partial charge in [0.15, 0.2) is 0 Å². The Kier molecular flexibility index (Phi) is 8.68. The van der Waals surface area contributed by atoms with Crippen LogP contribution in [0.2, 0.25) is 0 Å². The van der Waals surface area contributed by atoms with Crippen LogP contribution in [0.15, 0.2) is 47.4 Å². The first-order valence-electron chi connectivity index (χ1n) is 13.7.